The molecule has 5 heteroatoms. The van der Waals surface area contributed by atoms with E-state index in [1.54, 1.807) is 17.4 Å². The highest BCUT2D eigenvalue weighted by Crippen LogP contribution is 2.68. The van der Waals surface area contributed by atoms with Crippen molar-refractivity contribution in [3.05, 3.63) is 46.7 Å². The van der Waals surface area contributed by atoms with Crippen molar-refractivity contribution in [2.75, 3.05) is 5.32 Å². The number of fused-ring (bicyclic) bond motifs is 7. The van der Waals surface area contributed by atoms with E-state index in [1.165, 1.54) is 28.3 Å². The van der Waals surface area contributed by atoms with Gasteiger partial charge < -0.3 is 10.4 Å². The standard InChI is InChI=1S/C28H31FN2OS/c1-4-28(32)15-11-21-19-8-9-22-24-23(12-13-26(22,2)20(19)10-14-27(21,28)3)31-25(33-24)30-18-7-5-6-17(29)16-18/h1,5-7,9,16,19-21,32H,8,10-15H2,2-3H3,(H,30,31)/t19-,20+,21+,26-,27+,28+/m1/s1. The molecule has 3 nitrogen and oxygen atoms in total. The van der Waals surface area contributed by atoms with Crippen LogP contribution in [-0.2, 0) is 6.42 Å². The van der Waals surface area contributed by atoms with Crippen LogP contribution in [0.3, 0.4) is 0 Å². The number of aryl methyl sites for hydroxylation is 1. The number of aliphatic hydroxyl groups is 1. The topological polar surface area (TPSA) is 45.1 Å². The number of aromatic nitrogens is 1. The van der Waals surface area contributed by atoms with Gasteiger partial charge in [-0.1, -0.05) is 43.2 Å². The van der Waals surface area contributed by atoms with E-state index in [0.29, 0.717) is 17.8 Å². The van der Waals surface area contributed by atoms with Gasteiger partial charge in [0, 0.05) is 11.1 Å². The fourth-order valence-electron chi connectivity index (χ4n) is 7.87. The quantitative estimate of drug-likeness (QED) is 0.496. The zero-order chi connectivity index (χ0) is 23.0. The molecule has 2 fully saturated rings. The lowest BCUT2D eigenvalue weighted by Crippen LogP contribution is -2.53. The minimum absolute atomic E-state index is 0.136. The van der Waals surface area contributed by atoms with Crippen molar-refractivity contribution in [3.63, 3.8) is 0 Å². The molecule has 4 aliphatic carbocycles. The van der Waals surface area contributed by atoms with Crippen LogP contribution in [0.1, 0.15) is 62.9 Å². The predicted molar refractivity (Wildman–Crippen MR) is 132 cm³/mol. The highest BCUT2D eigenvalue weighted by molar-refractivity contribution is 7.16. The summed E-state index contributed by atoms with van der Waals surface area (Å²) in [4.78, 5) is 6.19. The van der Waals surface area contributed by atoms with Gasteiger partial charge in [-0.2, -0.15) is 0 Å². The zero-order valence-corrected chi connectivity index (χ0v) is 20.1. The molecule has 0 bridgehead atoms. The number of hydrogen-bond acceptors (Lipinski definition) is 4. The first-order chi connectivity index (χ1) is 15.8. The lowest BCUT2D eigenvalue weighted by atomic mass is 9.47. The van der Waals surface area contributed by atoms with Crippen molar-refractivity contribution in [2.24, 2.45) is 28.6 Å². The molecule has 172 valence electrons. The van der Waals surface area contributed by atoms with Gasteiger partial charge in [0.1, 0.15) is 11.4 Å². The Hall–Kier alpha value is -2.16. The molecule has 33 heavy (non-hydrogen) atoms. The molecule has 6 rings (SSSR count). The van der Waals surface area contributed by atoms with Gasteiger partial charge in [-0.25, -0.2) is 9.37 Å². The monoisotopic (exact) mass is 462 g/mol. The number of benzene rings is 1. The average molecular weight is 463 g/mol. The Morgan fingerprint density at radius 3 is 2.82 bits per heavy atom. The summed E-state index contributed by atoms with van der Waals surface area (Å²) in [6.07, 6.45) is 15.3. The molecule has 0 amide bonds. The molecule has 0 spiro atoms. The number of anilines is 2. The van der Waals surface area contributed by atoms with E-state index in [2.05, 4.69) is 31.2 Å². The van der Waals surface area contributed by atoms with Gasteiger partial charge >= 0.3 is 0 Å². The third kappa shape index (κ3) is 2.93. The largest absolute Gasteiger partial charge is 0.377 e. The minimum Gasteiger partial charge on any atom is -0.377 e. The Kier molecular flexibility index (Phi) is 4.64. The number of allylic oxidation sites excluding steroid dienone is 2. The van der Waals surface area contributed by atoms with E-state index >= 15 is 0 Å². The maximum atomic E-state index is 13.6. The van der Waals surface area contributed by atoms with Crippen molar-refractivity contribution in [3.8, 4) is 12.3 Å². The first-order valence-electron chi connectivity index (χ1n) is 12.2. The van der Waals surface area contributed by atoms with Crippen LogP contribution in [0.5, 0.6) is 0 Å². The lowest BCUT2D eigenvalue weighted by Gasteiger charge is -2.57. The molecule has 0 saturated heterocycles. The maximum absolute atomic E-state index is 13.6. The molecule has 1 heterocycles. The van der Waals surface area contributed by atoms with Crippen molar-refractivity contribution in [2.45, 2.75) is 64.4 Å². The summed E-state index contributed by atoms with van der Waals surface area (Å²) in [7, 11) is 0. The predicted octanol–water partition coefficient (Wildman–Crippen LogP) is 6.57. The number of thiazole rings is 1. The van der Waals surface area contributed by atoms with E-state index in [1.807, 2.05) is 6.07 Å². The van der Waals surface area contributed by atoms with Gasteiger partial charge in [0.15, 0.2) is 5.13 Å². The van der Waals surface area contributed by atoms with Crippen LogP contribution < -0.4 is 5.32 Å². The van der Waals surface area contributed by atoms with Gasteiger partial charge in [0.05, 0.1) is 10.6 Å². The summed E-state index contributed by atoms with van der Waals surface area (Å²) >= 11 is 1.70. The molecule has 6 atom stereocenters. The van der Waals surface area contributed by atoms with Crippen molar-refractivity contribution >= 4 is 27.7 Å². The van der Waals surface area contributed by atoms with E-state index in [9.17, 15) is 9.50 Å². The molecule has 0 aliphatic heterocycles. The van der Waals surface area contributed by atoms with Crippen molar-refractivity contribution in [1.29, 1.82) is 0 Å². The summed E-state index contributed by atoms with van der Waals surface area (Å²) in [6.45, 7) is 4.71. The Balaban J connectivity index is 1.33. The van der Waals surface area contributed by atoms with Crippen LogP contribution in [-0.4, -0.2) is 15.7 Å². The number of nitrogens with one attached hydrogen (secondary N) is 1. The van der Waals surface area contributed by atoms with Gasteiger partial charge in [0.2, 0.25) is 0 Å². The Labute approximate surface area is 199 Å². The van der Waals surface area contributed by atoms with E-state index in [4.69, 9.17) is 11.4 Å². The summed E-state index contributed by atoms with van der Waals surface area (Å²) in [5, 5.41) is 15.4. The summed E-state index contributed by atoms with van der Waals surface area (Å²) in [5.74, 6) is 4.22. The fraction of sp³-hybridized carbons (Fsp3) is 0.536. The smallest absolute Gasteiger partial charge is 0.187 e. The molecule has 2 saturated carbocycles. The maximum Gasteiger partial charge on any atom is 0.187 e. The van der Waals surface area contributed by atoms with Crippen molar-refractivity contribution in [1.82, 2.24) is 4.98 Å². The second-order valence-electron chi connectivity index (χ2n) is 11.1. The third-order valence-corrected chi connectivity index (χ3v) is 10.8. The molecule has 0 unspecified atom stereocenters. The van der Waals surface area contributed by atoms with Crippen LogP contribution in [0.2, 0.25) is 0 Å². The van der Waals surface area contributed by atoms with Crippen LogP contribution in [0.25, 0.3) is 5.57 Å². The van der Waals surface area contributed by atoms with Crippen LogP contribution in [0, 0.1) is 46.7 Å². The first-order valence-corrected chi connectivity index (χ1v) is 13.0. The molecular weight excluding hydrogens is 431 g/mol. The van der Waals surface area contributed by atoms with Gasteiger partial charge in [-0.15, -0.1) is 6.42 Å². The summed E-state index contributed by atoms with van der Waals surface area (Å²) in [6, 6.07) is 6.55. The number of hydrogen-bond donors (Lipinski definition) is 2. The summed E-state index contributed by atoms with van der Waals surface area (Å²) in [5.41, 5.74) is 2.37. The second kappa shape index (κ2) is 7.17. The van der Waals surface area contributed by atoms with Crippen LogP contribution in [0.4, 0.5) is 15.2 Å². The molecule has 2 N–H and O–H groups in total. The average Bonchev–Trinajstić information content (AvgIpc) is 3.31. The second-order valence-corrected chi connectivity index (χ2v) is 12.1. The first kappa shape index (κ1) is 21.4. The molecular formula is C28H31FN2OS. The van der Waals surface area contributed by atoms with Crippen LogP contribution >= 0.6 is 11.3 Å². The summed E-state index contributed by atoms with van der Waals surface area (Å²) < 4.78 is 13.6. The SMILES string of the molecule is C#C[C@]1(O)CC[C@H]2[C@@H]3CC=C4c5sc(Nc6cccc(F)c6)nc5CC[C@]4(C)[C@H]3CC[C@@]21C. The van der Waals surface area contributed by atoms with Gasteiger partial charge in [-0.3, -0.25) is 0 Å². The third-order valence-electron chi connectivity index (χ3n) is 9.75. The molecule has 4 aliphatic rings. The molecule has 0 radical (unpaired) electrons. The van der Waals surface area contributed by atoms with Gasteiger partial charge in [0.25, 0.3) is 0 Å². The van der Waals surface area contributed by atoms with Crippen molar-refractivity contribution < 1.29 is 9.50 Å². The molecule has 1 aromatic carbocycles. The minimum atomic E-state index is -0.956. The molecule has 2 aromatic rings. The Morgan fingerprint density at radius 1 is 1.21 bits per heavy atom. The van der Waals surface area contributed by atoms with Crippen LogP contribution in [0.15, 0.2) is 30.3 Å². The number of terminal acetylenes is 1. The zero-order valence-electron chi connectivity index (χ0n) is 19.3. The number of nitrogens with zero attached hydrogens (tertiary/aromatic N) is 1. The number of rotatable bonds is 2. The highest BCUT2D eigenvalue weighted by Gasteiger charge is 2.63. The normalized spacial score (nSPS) is 38.9. The highest BCUT2D eigenvalue weighted by atomic mass is 32.1. The Morgan fingerprint density at radius 2 is 2.03 bits per heavy atom. The lowest BCUT2D eigenvalue weighted by molar-refractivity contribution is -0.0886. The fourth-order valence-corrected chi connectivity index (χ4v) is 9.08. The van der Waals surface area contributed by atoms with E-state index in [-0.39, 0.29) is 16.6 Å². The Bertz CT molecular complexity index is 1200. The van der Waals surface area contributed by atoms with Gasteiger partial charge in [-0.05, 0) is 91.9 Å². The van der Waals surface area contributed by atoms with E-state index < -0.39 is 5.60 Å². The van der Waals surface area contributed by atoms with E-state index in [0.717, 1.165) is 55.8 Å². The molecule has 1 aromatic heterocycles. The number of halogens is 1.